The molecular weight excluding hydrogens is 334 g/mol. The predicted octanol–water partition coefficient (Wildman–Crippen LogP) is 2.54. The van der Waals surface area contributed by atoms with Crippen LogP contribution in [-0.4, -0.2) is 49.6 Å². The summed E-state index contributed by atoms with van der Waals surface area (Å²) >= 11 is 9.30. The molecule has 4 nitrogen and oxygen atoms in total. The SMILES string of the molecule is COc1ccc(Br)c(C(=O)N2CCOCC2CCl)c1. The van der Waals surface area contributed by atoms with E-state index in [0.717, 1.165) is 4.47 Å². The fourth-order valence-corrected chi connectivity index (χ4v) is 2.67. The van der Waals surface area contributed by atoms with Gasteiger partial charge in [-0.2, -0.15) is 0 Å². The van der Waals surface area contributed by atoms with Crippen LogP contribution in [0.15, 0.2) is 22.7 Å². The first-order chi connectivity index (χ1) is 9.17. The molecule has 0 bridgehead atoms. The largest absolute Gasteiger partial charge is 0.497 e. The number of alkyl halides is 1. The van der Waals surface area contributed by atoms with E-state index in [2.05, 4.69) is 15.9 Å². The lowest BCUT2D eigenvalue weighted by Gasteiger charge is -2.34. The number of methoxy groups -OCH3 is 1. The van der Waals surface area contributed by atoms with Crippen molar-refractivity contribution in [1.82, 2.24) is 4.90 Å². The van der Waals surface area contributed by atoms with E-state index in [1.54, 1.807) is 24.1 Å². The zero-order valence-corrected chi connectivity index (χ0v) is 12.9. The van der Waals surface area contributed by atoms with E-state index < -0.39 is 0 Å². The van der Waals surface area contributed by atoms with Crippen molar-refractivity contribution in [2.45, 2.75) is 6.04 Å². The highest BCUT2D eigenvalue weighted by Crippen LogP contribution is 2.25. The number of halogens is 2. The molecule has 0 N–H and O–H groups in total. The molecule has 0 radical (unpaired) electrons. The number of ether oxygens (including phenoxy) is 2. The summed E-state index contributed by atoms with van der Waals surface area (Å²) in [6, 6.07) is 5.26. The van der Waals surface area contributed by atoms with Gasteiger partial charge in [-0.25, -0.2) is 0 Å². The summed E-state index contributed by atoms with van der Waals surface area (Å²) in [5, 5.41) is 0. The van der Waals surface area contributed by atoms with Gasteiger partial charge in [0.05, 0.1) is 31.9 Å². The van der Waals surface area contributed by atoms with Gasteiger partial charge in [-0.3, -0.25) is 4.79 Å². The molecule has 0 aromatic heterocycles. The third kappa shape index (κ3) is 3.22. The van der Waals surface area contributed by atoms with Crippen LogP contribution in [0.1, 0.15) is 10.4 Å². The smallest absolute Gasteiger partial charge is 0.255 e. The molecule has 1 fully saturated rings. The highest BCUT2D eigenvalue weighted by atomic mass is 79.9. The number of hydrogen-bond acceptors (Lipinski definition) is 3. The van der Waals surface area contributed by atoms with Crippen LogP contribution in [0.25, 0.3) is 0 Å². The first kappa shape index (κ1) is 14.6. The first-order valence-corrected chi connectivity index (χ1v) is 7.28. The Balaban J connectivity index is 2.27. The Hall–Kier alpha value is -0.780. The Morgan fingerprint density at radius 1 is 1.63 bits per heavy atom. The number of morpholine rings is 1. The molecule has 1 amide bonds. The van der Waals surface area contributed by atoms with E-state index in [0.29, 0.717) is 37.0 Å². The number of carbonyl (C=O) groups excluding carboxylic acids is 1. The standard InChI is InChI=1S/C13H15BrClNO3/c1-18-10-2-3-12(14)11(6-10)13(17)16-4-5-19-8-9(16)7-15/h2-3,6,9H,4-5,7-8H2,1H3. The lowest BCUT2D eigenvalue weighted by atomic mass is 10.1. The molecule has 2 rings (SSSR count). The summed E-state index contributed by atoms with van der Waals surface area (Å²) in [6.45, 7) is 1.58. The molecule has 1 heterocycles. The molecule has 19 heavy (non-hydrogen) atoms. The Labute approximate surface area is 125 Å². The van der Waals surface area contributed by atoms with Crippen LogP contribution in [0.4, 0.5) is 0 Å². The van der Waals surface area contributed by atoms with Crippen molar-refractivity contribution >= 4 is 33.4 Å². The Bertz CT molecular complexity index is 469. The zero-order valence-electron chi connectivity index (χ0n) is 10.6. The van der Waals surface area contributed by atoms with Crippen molar-refractivity contribution < 1.29 is 14.3 Å². The highest BCUT2D eigenvalue weighted by molar-refractivity contribution is 9.10. The molecule has 104 valence electrons. The van der Waals surface area contributed by atoms with Crippen LogP contribution >= 0.6 is 27.5 Å². The van der Waals surface area contributed by atoms with Gasteiger partial charge in [-0.15, -0.1) is 11.6 Å². The van der Waals surface area contributed by atoms with Gasteiger partial charge in [-0.1, -0.05) is 0 Å². The second-order valence-corrected chi connectivity index (χ2v) is 5.39. The maximum atomic E-state index is 12.6. The summed E-state index contributed by atoms with van der Waals surface area (Å²) in [6.07, 6.45) is 0. The van der Waals surface area contributed by atoms with Crippen LogP contribution in [0.2, 0.25) is 0 Å². The van der Waals surface area contributed by atoms with Crippen molar-refractivity contribution in [3.8, 4) is 5.75 Å². The van der Waals surface area contributed by atoms with Gasteiger partial charge < -0.3 is 14.4 Å². The second kappa shape index (κ2) is 6.59. The van der Waals surface area contributed by atoms with E-state index in [9.17, 15) is 4.79 Å². The third-order valence-corrected chi connectivity index (χ3v) is 4.12. The zero-order chi connectivity index (χ0) is 13.8. The maximum absolute atomic E-state index is 12.6. The van der Waals surface area contributed by atoms with Crippen LogP contribution in [0, 0.1) is 0 Å². The Morgan fingerprint density at radius 3 is 3.11 bits per heavy atom. The molecule has 0 aliphatic carbocycles. The normalized spacial score (nSPS) is 19.3. The van der Waals surface area contributed by atoms with Gasteiger partial charge in [0.15, 0.2) is 0 Å². The number of hydrogen-bond donors (Lipinski definition) is 0. The Morgan fingerprint density at radius 2 is 2.42 bits per heavy atom. The Kier molecular flexibility index (Phi) is 5.07. The van der Waals surface area contributed by atoms with E-state index in [4.69, 9.17) is 21.1 Å². The van der Waals surface area contributed by atoms with Gasteiger partial charge in [0.25, 0.3) is 5.91 Å². The van der Waals surface area contributed by atoms with Crippen LogP contribution < -0.4 is 4.74 Å². The molecule has 1 aromatic rings. The average Bonchev–Trinajstić information content (AvgIpc) is 2.47. The molecule has 1 atom stereocenters. The van der Waals surface area contributed by atoms with Crippen molar-refractivity contribution in [3.63, 3.8) is 0 Å². The number of rotatable bonds is 3. The molecule has 0 spiro atoms. The topological polar surface area (TPSA) is 38.8 Å². The molecule has 1 unspecified atom stereocenters. The minimum Gasteiger partial charge on any atom is -0.497 e. The highest BCUT2D eigenvalue weighted by Gasteiger charge is 2.28. The summed E-state index contributed by atoms with van der Waals surface area (Å²) in [4.78, 5) is 14.3. The lowest BCUT2D eigenvalue weighted by molar-refractivity contribution is 0.00449. The summed E-state index contributed by atoms with van der Waals surface area (Å²) in [7, 11) is 1.58. The molecule has 1 aliphatic heterocycles. The quantitative estimate of drug-likeness (QED) is 0.788. The van der Waals surface area contributed by atoms with Crippen molar-refractivity contribution in [3.05, 3.63) is 28.2 Å². The minimum absolute atomic E-state index is 0.0558. The molecule has 6 heteroatoms. The average molecular weight is 349 g/mol. The first-order valence-electron chi connectivity index (χ1n) is 5.95. The number of amides is 1. The fraction of sp³-hybridized carbons (Fsp3) is 0.462. The predicted molar refractivity (Wildman–Crippen MR) is 77.1 cm³/mol. The molecule has 1 saturated heterocycles. The van der Waals surface area contributed by atoms with Crippen LogP contribution in [-0.2, 0) is 4.74 Å². The molecule has 1 aliphatic rings. The van der Waals surface area contributed by atoms with Gasteiger partial charge in [0.1, 0.15) is 5.75 Å². The third-order valence-electron chi connectivity index (χ3n) is 3.07. The lowest BCUT2D eigenvalue weighted by Crippen LogP contribution is -2.49. The van der Waals surface area contributed by atoms with E-state index in [1.165, 1.54) is 0 Å². The molecular formula is C13H15BrClNO3. The summed E-state index contributed by atoms with van der Waals surface area (Å²) < 4.78 is 11.3. The van der Waals surface area contributed by atoms with E-state index >= 15 is 0 Å². The van der Waals surface area contributed by atoms with Crippen LogP contribution in [0.5, 0.6) is 5.75 Å². The van der Waals surface area contributed by atoms with Crippen molar-refractivity contribution in [2.75, 3.05) is 32.7 Å². The minimum atomic E-state index is -0.0824. The van der Waals surface area contributed by atoms with E-state index in [-0.39, 0.29) is 11.9 Å². The second-order valence-electron chi connectivity index (χ2n) is 4.23. The molecule has 0 saturated carbocycles. The van der Waals surface area contributed by atoms with Gasteiger partial charge >= 0.3 is 0 Å². The fourth-order valence-electron chi connectivity index (χ4n) is 2.00. The van der Waals surface area contributed by atoms with Gasteiger partial charge in [0.2, 0.25) is 0 Å². The van der Waals surface area contributed by atoms with Gasteiger partial charge in [-0.05, 0) is 34.1 Å². The number of nitrogens with zero attached hydrogens (tertiary/aromatic N) is 1. The summed E-state index contributed by atoms with van der Waals surface area (Å²) in [5.74, 6) is 0.967. The number of carbonyl (C=O) groups is 1. The van der Waals surface area contributed by atoms with Crippen LogP contribution in [0.3, 0.4) is 0 Å². The monoisotopic (exact) mass is 347 g/mol. The maximum Gasteiger partial charge on any atom is 0.255 e. The summed E-state index contributed by atoms with van der Waals surface area (Å²) in [5.41, 5.74) is 0.580. The van der Waals surface area contributed by atoms with E-state index in [1.807, 2.05) is 6.07 Å². The van der Waals surface area contributed by atoms with Crippen molar-refractivity contribution in [1.29, 1.82) is 0 Å². The number of benzene rings is 1. The van der Waals surface area contributed by atoms with Gasteiger partial charge in [0, 0.05) is 16.9 Å². The van der Waals surface area contributed by atoms with Crippen molar-refractivity contribution in [2.24, 2.45) is 0 Å². The molecule has 1 aromatic carbocycles.